The van der Waals surface area contributed by atoms with Crippen molar-refractivity contribution in [3.63, 3.8) is 0 Å². The van der Waals surface area contributed by atoms with Crippen molar-refractivity contribution in [3.8, 4) is 0 Å². The summed E-state index contributed by atoms with van der Waals surface area (Å²) >= 11 is 0. The summed E-state index contributed by atoms with van der Waals surface area (Å²) in [6.45, 7) is 2.83. The molecule has 6 nitrogen and oxygen atoms in total. The predicted molar refractivity (Wildman–Crippen MR) is 53.0 cm³/mol. The highest BCUT2D eigenvalue weighted by Gasteiger charge is 2.21. The smallest absolute Gasteiger partial charge is 0.354 e. The SMILES string of the molecule is Cc1c(C(=O)O)nc(C(=O)O)c(C)c1C=O. The first-order chi connectivity index (χ1) is 7.40. The minimum Gasteiger partial charge on any atom is -0.477 e. The van der Waals surface area contributed by atoms with E-state index in [-0.39, 0.29) is 16.7 Å². The van der Waals surface area contributed by atoms with E-state index in [4.69, 9.17) is 10.2 Å². The molecule has 0 fully saturated rings. The molecule has 0 saturated heterocycles. The number of carboxylic acids is 2. The molecule has 0 aromatic carbocycles. The normalized spacial score (nSPS) is 9.88. The minimum atomic E-state index is -1.36. The Balaban J connectivity index is 3.69. The van der Waals surface area contributed by atoms with Crippen LogP contribution in [0.5, 0.6) is 0 Å². The average molecular weight is 223 g/mol. The van der Waals surface area contributed by atoms with E-state index in [9.17, 15) is 14.4 Å². The lowest BCUT2D eigenvalue weighted by Gasteiger charge is -2.09. The molecule has 84 valence electrons. The lowest BCUT2D eigenvalue weighted by atomic mass is 10.0. The Morgan fingerprint density at radius 3 is 1.69 bits per heavy atom. The van der Waals surface area contributed by atoms with Crippen LogP contribution in [0.25, 0.3) is 0 Å². The van der Waals surface area contributed by atoms with Gasteiger partial charge in [-0.05, 0) is 25.0 Å². The molecule has 1 aromatic heterocycles. The summed E-state index contributed by atoms with van der Waals surface area (Å²) in [6, 6.07) is 0. The molecule has 0 radical (unpaired) electrons. The van der Waals surface area contributed by atoms with E-state index in [1.807, 2.05) is 0 Å². The molecule has 0 amide bonds. The Kier molecular flexibility index (Phi) is 3.03. The third kappa shape index (κ3) is 1.77. The highest BCUT2D eigenvalue weighted by Crippen LogP contribution is 2.18. The molecule has 0 aliphatic carbocycles. The van der Waals surface area contributed by atoms with E-state index in [0.29, 0.717) is 6.29 Å². The second kappa shape index (κ2) is 4.09. The maximum absolute atomic E-state index is 10.8. The average Bonchev–Trinajstić information content (AvgIpc) is 2.17. The Hall–Kier alpha value is -2.24. The third-order valence-corrected chi connectivity index (χ3v) is 2.27. The van der Waals surface area contributed by atoms with Crippen LogP contribution in [0, 0.1) is 13.8 Å². The molecule has 16 heavy (non-hydrogen) atoms. The van der Waals surface area contributed by atoms with Crippen LogP contribution in [0.1, 0.15) is 42.5 Å². The van der Waals surface area contributed by atoms with Gasteiger partial charge in [0.2, 0.25) is 0 Å². The Morgan fingerprint density at radius 2 is 1.44 bits per heavy atom. The summed E-state index contributed by atoms with van der Waals surface area (Å²) in [5, 5.41) is 17.6. The molecular formula is C10H9NO5. The lowest BCUT2D eigenvalue weighted by Crippen LogP contribution is -2.14. The lowest BCUT2D eigenvalue weighted by molar-refractivity contribution is 0.0684. The van der Waals surface area contributed by atoms with Gasteiger partial charge in [-0.1, -0.05) is 0 Å². The Bertz CT molecular complexity index is 454. The summed E-state index contributed by atoms with van der Waals surface area (Å²) in [5.74, 6) is -2.72. The van der Waals surface area contributed by atoms with Crippen LogP contribution in [0.2, 0.25) is 0 Å². The van der Waals surface area contributed by atoms with Gasteiger partial charge < -0.3 is 10.2 Å². The topological polar surface area (TPSA) is 105 Å². The summed E-state index contributed by atoms with van der Waals surface area (Å²) < 4.78 is 0. The Labute approximate surface area is 90.5 Å². The standard InChI is InChI=1S/C10H9NO5/c1-4-6(3-12)5(2)8(10(15)16)11-7(4)9(13)14/h3H,1-2H3,(H,13,14)(H,15,16). The zero-order chi connectivity index (χ0) is 12.5. The number of aldehydes is 1. The monoisotopic (exact) mass is 223 g/mol. The number of carbonyl (C=O) groups excluding carboxylic acids is 1. The van der Waals surface area contributed by atoms with Gasteiger partial charge in [0.25, 0.3) is 0 Å². The first kappa shape index (κ1) is 11.8. The number of nitrogens with zero attached hydrogens (tertiary/aromatic N) is 1. The maximum atomic E-state index is 10.8. The molecule has 1 aromatic rings. The molecule has 6 heteroatoms. The second-order valence-electron chi connectivity index (χ2n) is 3.20. The van der Waals surface area contributed by atoms with E-state index in [2.05, 4.69) is 4.98 Å². The summed E-state index contributed by atoms with van der Waals surface area (Å²) in [4.78, 5) is 35.9. The van der Waals surface area contributed by atoms with E-state index >= 15 is 0 Å². The zero-order valence-corrected chi connectivity index (χ0v) is 8.64. The van der Waals surface area contributed by atoms with E-state index in [1.54, 1.807) is 0 Å². The minimum absolute atomic E-state index is 0.0600. The van der Waals surface area contributed by atoms with E-state index in [0.717, 1.165) is 0 Å². The largest absolute Gasteiger partial charge is 0.477 e. The van der Waals surface area contributed by atoms with Crippen molar-refractivity contribution in [2.24, 2.45) is 0 Å². The predicted octanol–water partition coefficient (Wildman–Crippen LogP) is 0.907. The maximum Gasteiger partial charge on any atom is 0.354 e. The van der Waals surface area contributed by atoms with Crippen molar-refractivity contribution in [1.29, 1.82) is 0 Å². The fraction of sp³-hybridized carbons (Fsp3) is 0.200. The summed E-state index contributed by atoms with van der Waals surface area (Å²) in [7, 11) is 0. The molecule has 0 bridgehead atoms. The van der Waals surface area contributed by atoms with Crippen LogP contribution < -0.4 is 0 Å². The highest BCUT2D eigenvalue weighted by molar-refractivity contribution is 5.96. The van der Waals surface area contributed by atoms with Gasteiger partial charge in [-0.15, -0.1) is 0 Å². The highest BCUT2D eigenvalue weighted by atomic mass is 16.4. The number of aromatic carboxylic acids is 2. The van der Waals surface area contributed by atoms with Crippen LogP contribution >= 0.6 is 0 Å². The number of hydrogen-bond donors (Lipinski definition) is 2. The van der Waals surface area contributed by atoms with Gasteiger partial charge in [-0.25, -0.2) is 14.6 Å². The van der Waals surface area contributed by atoms with Crippen LogP contribution in [-0.4, -0.2) is 33.4 Å². The number of carbonyl (C=O) groups is 3. The van der Waals surface area contributed by atoms with Gasteiger partial charge in [0.15, 0.2) is 17.7 Å². The molecular weight excluding hydrogens is 214 g/mol. The number of aromatic nitrogens is 1. The van der Waals surface area contributed by atoms with Crippen LogP contribution in [0.4, 0.5) is 0 Å². The van der Waals surface area contributed by atoms with Crippen LogP contribution in [-0.2, 0) is 0 Å². The van der Waals surface area contributed by atoms with Crippen molar-refractivity contribution < 1.29 is 24.6 Å². The van der Waals surface area contributed by atoms with Gasteiger partial charge in [0.05, 0.1) is 0 Å². The summed E-state index contributed by atoms with van der Waals surface area (Å²) in [6.07, 6.45) is 0.436. The van der Waals surface area contributed by atoms with Crippen molar-refractivity contribution in [1.82, 2.24) is 4.98 Å². The van der Waals surface area contributed by atoms with Crippen molar-refractivity contribution in [3.05, 3.63) is 28.1 Å². The number of carboxylic acid groups (broad SMARTS) is 2. The summed E-state index contributed by atoms with van der Waals surface area (Å²) in [5.41, 5.74) is -0.421. The molecule has 2 N–H and O–H groups in total. The first-order valence-corrected chi connectivity index (χ1v) is 4.33. The molecule has 0 unspecified atom stereocenters. The molecule has 0 atom stereocenters. The fourth-order valence-corrected chi connectivity index (χ4v) is 1.41. The van der Waals surface area contributed by atoms with Crippen molar-refractivity contribution in [2.45, 2.75) is 13.8 Å². The van der Waals surface area contributed by atoms with Crippen LogP contribution in [0.3, 0.4) is 0 Å². The van der Waals surface area contributed by atoms with Gasteiger partial charge in [-0.3, -0.25) is 4.79 Å². The third-order valence-electron chi connectivity index (χ3n) is 2.27. The molecule has 1 heterocycles. The van der Waals surface area contributed by atoms with Crippen LogP contribution in [0.15, 0.2) is 0 Å². The fourth-order valence-electron chi connectivity index (χ4n) is 1.41. The van der Waals surface area contributed by atoms with Crippen molar-refractivity contribution in [2.75, 3.05) is 0 Å². The molecule has 0 aliphatic rings. The van der Waals surface area contributed by atoms with Gasteiger partial charge in [0, 0.05) is 5.56 Å². The van der Waals surface area contributed by atoms with Crippen molar-refractivity contribution >= 4 is 18.2 Å². The van der Waals surface area contributed by atoms with E-state index < -0.39 is 23.3 Å². The van der Waals surface area contributed by atoms with Gasteiger partial charge in [-0.2, -0.15) is 0 Å². The van der Waals surface area contributed by atoms with E-state index in [1.165, 1.54) is 13.8 Å². The zero-order valence-electron chi connectivity index (χ0n) is 8.64. The number of rotatable bonds is 3. The molecule has 0 spiro atoms. The van der Waals surface area contributed by atoms with Gasteiger partial charge >= 0.3 is 11.9 Å². The molecule has 0 saturated carbocycles. The quantitative estimate of drug-likeness (QED) is 0.738. The second-order valence-corrected chi connectivity index (χ2v) is 3.20. The molecule has 0 aliphatic heterocycles. The first-order valence-electron chi connectivity index (χ1n) is 4.33. The Morgan fingerprint density at radius 1 is 1.06 bits per heavy atom. The number of pyridine rings is 1. The van der Waals surface area contributed by atoms with Gasteiger partial charge in [0.1, 0.15) is 0 Å². The molecule has 1 rings (SSSR count). The number of hydrogen-bond acceptors (Lipinski definition) is 4.